The third kappa shape index (κ3) is 4.82. The van der Waals surface area contributed by atoms with Crippen molar-refractivity contribution in [3.05, 3.63) is 52.2 Å². The van der Waals surface area contributed by atoms with E-state index >= 15 is 0 Å². The van der Waals surface area contributed by atoms with Crippen LogP contribution in [-0.4, -0.2) is 31.0 Å². The number of amides is 1. The molecule has 7 heteroatoms. The van der Waals surface area contributed by atoms with Gasteiger partial charge >= 0.3 is 10.1 Å². The molecule has 2 aromatic rings. The maximum atomic E-state index is 12.6. The smallest absolute Gasteiger partial charge is 0.308 e. The Morgan fingerprint density at radius 1 is 1.21 bits per heavy atom. The molecule has 0 radical (unpaired) electrons. The summed E-state index contributed by atoms with van der Waals surface area (Å²) < 4.78 is 27.9. The van der Waals surface area contributed by atoms with E-state index in [9.17, 15) is 13.2 Å². The highest BCUT2D eigenvalue weighted by atomic mass is 32.2. The molecule has 0 N–H and O–H groups in total. The summed E-state index contributed by atoms with van der Waals surface area (Å²) in [5, 5.41) is 1.88. The van der Waals surface area contributed by atoms with E-state index in [-0.39, 0.29) is 23.5 Å². The lowest BCUT2D eigenvalue weighted by Crippen LogP contribution is -2.35. The van der Waals surface area contributed by atoms with Crippen molar-refractivity contribution < 1.29 is 17.4 Å². The molecule has 0 bridgehead atoms. The van der Waals surface area contributed by atoms with E-state index in [0.717, 1.165) is 5.56 Å². The van der Waals surface area contributed by atoms with Crippen LogP contribution in [0.25, 0.3) is 0 Å². The second kappa shape index (κ2) is 7.81. The third-order valence-electron chi connectivity index (χ3n) is 3.47. The number of thiophene rings is 1. The van der Waals surface area contributed by atoms with Crippen molar-refractivity contribution in [2.75, 3.05) is 5.75 Å². The van der Waals surface area contributed by atoms with E-state index in [1.165, 1.54) is 18.3 Å². The molecular weight excluding hydrogens is 346 g/mol. The summed E-state index contributed by atoms with van der Waals surface area (Å²) in [6.45, 7) is 5.92. The van der Waals surface area contributed by atoms with Gasteiger partial charge in [0.1, 0.15) is 5.75 Å². The molecule has 1 aromatic heterocycles. The number of carbonyl (C=O) groups is 1. The normalized spacial score (nSPS) is 11.5. The predicted octanol–water partition coefficient (Wildman–Crippen LogP) is 3.53. The van der Waals surface area contributed by atoms with Crippen molar-refractivity contribution in [2.45, 2.75) is 33.4 Å². The lowest BCUT2D eigenvalue weighted by Gasteiger charge is -2.26. The van der Waals surface area contributed by atoms with Gasteiger partial charge in [-0.25, -0.2) is 0 Å². The van der Waals surface area contributed by atoms with Crippen molar-refractivity contribution in [1.29, 1.82) is 0 Å². The Morgan fingerprint density at radius 3 is 2.38 bits per heavy atom. The van der Waals surface area contributed by atoms with Gasteiger partial charge in [-0.05, 0) is 49.9 Å². The molecule has 0 saturated heterocycles. The van der Waals surface area contributed by atoms with Gasteiger partial charge in [0.2, 0.25) is 0 Å². The molecule has 0 fully saturated rings. The van der Waals surface area contributed by atoms with E-state index in [1.54, 1.807) is 29.2 Å². The van der Waals surface area contributed by atoms with Crippen molar-refractivity contribution >= 4 is 27.4 Å². The Balaban J connectivity index is 2.11. The number of carbonyl (C=O) groups excluding carboxylic acids is 1. The SMILES string of the molecule is CCS(=O)(=O)Oc1ccc(CN(C(=O)c2cccs2)C(C)C)cc1. The van der Waals surface area contributed by atoms with Crippen LogP contribution in [0, 0.1) is 0 Å². The second-order valence-corrected chi connectivity index (χ2v) is 8.38. The highest BCUT2D eigenvalue weighted by Gasteiger charge is 2.20. The molecule has 130 valence electrons. The molecule has 1 aromatic carbocycles. The first-order valence-electron chi connectivity index (χ1n) is 7.68. The first-order chi connectivity index (χ1) is 11.3. The summed E-state index contributed by atoms with van der Waals surface area (Å²) in [4.78, 5) is 15.1. The van der Waals surface area contributed by atoms with Gasteiger partial charge in [0.25, 0.3) is 5.91 Å². The summed E-state index contributed by atoms with van der Waals surface area (Å²) in [6.07, 6.45) is 0. The zero-order valence-corrected chi connectivity index (χ0v) is 15.6. The van der Waals surface area contributed by atoms with E-state index in [0.29, 0.717) is 11.4 Å². The average molecular weight is 367 g/mol. The van der Waals surface area contributed by atoms with E-state index < -0.39 is 10.1 Å². The van der Waals surface area contributed by atoms with Gasteiger partial charge in [-0.3, -0.25) is 4.79 Å². The lowest BCUT2D eigenvalue weighted by molar-refractivity contribution is 0.0695. The van der Waals surface area contributed by atoms with Crippen LogP contribution in [0.4, 0.5) is 0 Å². The maximum absolute atomic E-state index is 12.6. The minimum absolute atomic E-state index is 0.00566. The van der Waals surface area contributed by atoms with Crippen LogP contribution < -0.4 is 4.18 Å². The molecule has 0 aliphatic heterocycles. The second-order valence-electron chi connectivity index (χ2n) is 5.58. The summed E-state index contributed by atoms with van der Waals surface area (Å²) in [6, 6.07) is 10.5. The summed E-state index contributed by atoms with van der Waals surface area (Å²) >= 11 is 1.42. The zero-order valence-electron chi connectivity index (χ0n) is 13.9. The van der Waals surface area contributed by atoms with Crippen LogP contribution >= 0.6 is 11.3 Å². The van der Waals surface area contributed by atoms with Crippen molar-refractivity contribution in [3.8, 4) is 5.75 Å². The maximum Gasteiger partial charge on any atom is 0.308 e. The van der Waals surface area contributed by atoms with Crippen LogP contribution in [0.5, 0.6) is 5.75 Å². The number of hydrogen-bond donors (Lipinski definition) is 0. The zero-order chi connectivity index (χ0) is 17.7. The fraction of sp³-hybridized carbons (Fsp3) is 0.353. The Bertz CT molecular complexity index is 765. The molecule has 0 saturated carbocycles. The lowest BCUT2D eigenvalue weighted by atomic mass is 10.1. The Kier molecular flexibility index (Phi) is 6.01. The topological polar surface area (TPSA) is 63.7 Å². The highest BCUT2D eigenvalue weighted by Crippen LogP contribution is 2.19. The Labute approximate surface area is 147 Å². The number of benzene rings is 1. The number of hydrogen-bond acceptors (Lipinski definition) is 5. The number of rotatable bonds is 7. The van der Waals surface area contributed by atoms with Gasteiger partial charge in [-0.1, -0.05) is 18.2 Å². The van der Waals surface area contributed by atoms with Crippen molar-refractivity contribution in [2.24, 2.45) is 0 Å². The van der Waals surface area contributed by atoms with E-state index in [1.807, 2.05) is 31.4 Å². The average Bonchev–Trinajstić information content (AvgIpc) is 3.07. The molecule has 24 heavy (non-hydrogen) atoms. The molecule has 1 heterocycles. The van der Waals surface area contributed by atoms with Gasteiger partial charge in [0, 0.05) is 12.6 Å². The monoisotopic (exact) mass is 367 g/mol. The molecule has 0 aliphatic carbocycles. The molecular formula is C17H21NO4S2. The molecule has 0 unspecified atom stereocenters. The van der Waals surface area contributed by atoms with Crippen LogP contribution in [0.15, 0.2) is 41.8 Å². The van der Waals surface area contributed by atoms with E-state index in [4.69, 9.17) is 4.18 Å². The Morgan fingerprint density at radius 2 is 1.88 bits per heavy atom. The third-order valence-corrected chi connectivity index (χ3v) is 5.48. The largest absolute Gasteiger partial charge is 0.382 e. The minimum Gasteiger partial charge on any atom is -0.382 e. The van der Waals surface area contributed by atoms with Crippen LogP contribution in [0.2, 0.25) is 0 Å². The standard InChI is InChI=1S/C17H21NO4S2/c1-4-24(20,21)22-15-9-7-14(8-10-15)12-18(13(2)3)17(19)16-6-5-11-23-16/h5-11,13H,4,12H2,1-3H3. The van der Waals surface area contributed by atoms with Gasteiger partial charge in [0.15, 0.2) is 0 Å². The van der Waals surface area contributed by atoms with Gasteiger partial charge in [0.05, 0.1) is 10.6 Å². The molecule has 5 nitrogen and oxygen atoms in total. The van der Waals surface area contributed by atoms with Crippen molar-refractivity contribution in [1.82, 2.24) is 4.90 Å². The van der Waals surface area contributed by atoms with Gasteiger partial charge < -0.3 is 9.08 Å². The summed E-state index contributed by atoms with van der Waals surface area (Å²) in [5.41, 5.74) is 0.912. The van der Waals surface area contributed by atoms with Crippen LogP contribution in [-0.2, 0) is 16.7 Å². The molecule has 0 aliphatic rings. The quantitative estimate of drug-likeness (QED) is 0.702. The number of nitrogens with zero attached hydrogens (tertiary/aromatic N) is 1. The summed E-state index contributed by atoms with van der Waals surface area (Å²) in [5.74, 6) is 0.195. The van der Waals surface area contributed by atoms with Gasteiger partial charge in [-0.15, -0.1) is 11.3 Å². The van der Waals surface area contributed by atoms with E-state index in [2.05, 4.69) is 0 Å². The van der Waals surface area contributed by atoms with Crippen LogP contribution in [0.1, 0.15) is 36.0 Å². The minimum atomic E-state index is -3.53. The molecule has 0 atom stereocenters. The van der Waals surface area contributed by atoms with Crippen molar-refractivity contribution in [3.63, 3.8) is 0 Å². The first-order valence-corrected chi connectivity index (χ1v) is 10.1. The fourth-order valence-electron chi connectivity index (χ4n) is 2.08. The van der Waals surface area contributed by atoms with Gasteiger partial charge in [-0.2, -0.15) is 8.42 Å². The summed E-state index contributed by atoms with van der Waals surface area (Å²) in [7, 11) is -3.53. The fourth-order valence-corrected chi connectivity index (χ4v) is 3.28. The Hall–Kier alpha value is -1.86. The molecule has 2 rings (SSSR count). The molecule has 1 amide bonds. The predicted molar refractivity (Wildman–Crippen MR) is 95.9 cm³/mol. The molecule has 0 spiro atoms. The van der Waals surface area contributed by atoms with Crippen LogP contribution in [0.3, 0.4) is 0 Å². The first kappa shape index (κ1) is 18.5. The highest BCUT2D eigenvalue weighted by molar-refractivity contribution is 7.87.